The number of hydrogen-bond donors (Lipinski definition) is 2. The number of carbonyl (C=O) groups excluding carboxylic acids is 1. The number of hydrogen-bond acceptors (Lipinski definition) is 4. The summed E-state index contributed by atoms with van der Waals surface area (Å²) in [4.78, 5) is 12.1. The van der Waals surface area contributed by atoms with Crippen molar-refractivity contribution in [2.24, 2.45) is 0 Å². The first-order valence-electron chi connectivity index (χ1n) is 7.26. The van der Waals surface area contributed by atoms with Crippen molar-refractivity contribution in [2.75, 3.05) is 19.8 Å². The van der Waals surface area contributed by atoms with Crippen LogP contribution in [0.15, 0.2) is 24.3 Å². The van der Waals surface area contributed by atoms with E-state index in [2.05, 4.69) is 15.4 Å². The van der Waals surface area contributed by atoms with E-state index in [1.165, 1.54) is 12.1 Å². The van der Waals surface area contributed by atoms with Crippen LogP contribution in [0.2, 0.25) is 0 Å². The van der Waals surface area contributed by atoms with E-state index in [1.54, 1.807) is 12.1 Å². The molecule has 0 bridgehead atoms. The number of ether oxygens (including phenoxy) is 2. The van der Waals surface area contributed by atoms with Gasteiger partial charge in [0.15, 0.2) is 6.61 Å². The van der Waals surface area contributed by atoms with Gasteiger partial charge in [-0.25, -0.2) is 0 Å². The molecule has 2 atom stereocenters. The molecule has 0 spiro atoms. The second-order valence-corrected chi connectivity index (χ2v) is 5.27. The summed E-state index contributed by atoms with van der Waals surface area (Å²) in [5.74, 6) is -0.0389. The minimum atomic E-state index is -4.36. The SMILES string of the molecule is C[C@H]1OCCN[C@@H]1C(=O)NCc1ccc(OCC(F)(F)F)cc1.Cl. The first kappa shape index (κ1) is 20.5. The number of amides is 1. The molecule has 0 radical (unpaired) electrons. The Labute approximate surface area is 144 Å². The summed E-state index contributed by atoms with van der Waals surface area (Å²) in [5, 5.41) is 5.85. The second kappa shape index (κ2) is 9.10. The van der Waals surface area contributed by atoms with Crippen LogP contribution in [0.1, 0.15) is 12.5 Å². The first-order valence-corrected chi connectivity index (χ1v) is 7.26. The summed E-state index contributed by atoms with van der Waals surface area (Å²) in [6, 6.07) is 5.70. The molecule has 1 aliphatic heterocycles. The molecule has 24 heavy (non-hydrogen) atoms. The number of alkyl halides is 3. The Morgan fingerprint density at radius 2 is 2.04 bits per heavy atom. The topological polar surface area (TPSA) is 59.6 Å². The van der Waals surface area contributed by atoms with Crippen LogP contribution in [0.4, 0.5) is 13.2 Å². The maximum atomic E-state index is 12.1. The molecule has 1 aromatic rings. The summed E-state index contributed by atoms with van der Waals surface area (Å²) in [6.45, 7) is 1.97. The van der Waals surface area contributed by atoms with Crippen molar-refractivity contribution in [1.29, 1.82) is 0 Å². The highest BCUT2D eigenvalue weighted by molar-refractivity contribution is 5.85. The van der Waals surface area contributed by atoms with Crippen molar-refractivity contribution >= 4 is 18.3 Å². The van der Waals surface area contributed by atoms with Crippen LogP contribution in [-0.4, -0.2) is 44.0 Å². The average molecular weight is 369 g/mol. The van der Waals surface area contributed by atoms with Gasteiger partial charge in [-0.2, -0.15) is 13.2 Å². The van der Waals surface area contributed by atoms with Crippen LogP contribution >= 0.6 is 12.4 Å². The number of carbonyl (C=O) groups is 1. The highest BCUT2D eigenvalue weighted by atomic mass is 35.5. The summed E-state index contributed by atoms with van der Waals surface area (Å²) in [5.41, 5.74) is 0.766. The van der Waals surface area contributed by atoms with Crippen LogP contribution in [0, 0.1) is 0 Å². The Bertz CT molecular complexity index is 526. The predicted molar refractivity (Wildman–Crippen MR) is 84.3 cm³/mol. The third kappa shape index (κ3) is 6.54. The summed E-state index contributed by atoms with van der Waals surface area (Å²) >= 11 is 0. The van der Waals surface area contributed by atoms with Gasteiger partial charge >= 0.3 is 6.18 Å². The third-order valence-corrected chi connectivity index (χ3v) is 3.39. The van der Waals surface area contributed by atoms with Gasteiger partial charge in [0.05, 0.1) is 12.7 Å². The highest BCUT2D eigenvalue weighted by Crippen LogP contribution is 2.18. The fourth-order valence-electron chi connectivity index (χ4n) is 2.20. The van der Waals surface area contributed by atoms with Crippen molar-refractivity contribution in [1.82, 2.24) is 10.6 Å². The van der Waals surface area contributed by atoms with Gasteiger partial charge in [0.1, 0.15) is 11.8 Å². The lowest BCUT2D eigenvalue weighted by Crippen LogP contribution is -2.55. The molecule has 0 aliphatic carbocycles. The largest absolute Gasteiger partial charge is 0.484 e. The standard InChI is InChI=1S/C15H19F3N2O3.ClH/c1-10-13(19-6-7-22-10)14(21)20-8-11-2-4-12(5-3-11)23-9-15(16,17)18;/h2-5,10,13,19H,6-9H2,1H3,(H,20,21);1H/t10-,13+;/m1./s1. The zero-order valence-electron chi connectivity index (χ0n) is 13.1. The minimum Gasteiger partial charge on any atom is -0.484 e. The second-order valence-electron chi connectivity index (χ2n) is 5.27. The number of benzene rings is 1. The Hall–Kier alpha value is -1.51. The van der Waals surface area contributed by atoms with Crippen molar-refractivity contribution in [3.05, 3.63) is 29.8 Å². The van der Waals surface area contributed by atoms with Crippen LogP contribution in [0.5, 0.6) is 5.75 Å². The monoisotopic (exact) mass is 368 g/mol. The van der Waals surface area contributed by atoms with Crippen molar-refractivity contribution in [3.8, 4) is 5.75 Å². The lowest BCUT2D eigenvalue weighted by atomic mass is 10.1. The van der Waals surface area contributed by atoms with E-state index in [1.807, 2.05) is 6.92 Å². The van der Waals surface area contributed by atoms with E-state index in [9.17, 15) is 18.0 Å². The summed E-state index contributed by atoms with van der Waals surface area (Å²) < 4.78 is 46.2. The number of morpholine rings is 1. The Morgan fingerprint density at radius 3 is 2.62 bits per heavy atom. The van der Waals surface area contributed by atoms with Gasteiger partial charge < -0.3 is 20.1 Å². The van der Waals surface area contributed by atoms with Crippen LogP contribution in [-0.2, 0) is 16.1 Å². The molecule has 9 heteroatoms. The summed E-state index contributed by atoms with van der Waals surface area (Å²) in [6.07, 6.45) is -4.57. The zero-order valence-corrected chi connectivity index (χ0v) is 13.9. The maximum Gasteiger partial charge on any atom is 0.422 e. The molecule has 1 aromatic carbocycles. The van der Waals surface area contributed by atoms with E-state index >= 15 is 0 Å². The molecule has 0 aromatic heterocycles. The van der Waals surface area contributed by atoms with Gasteiger partial charge in [0.2, 0.25) is 5.91 Å². The van der Waals surface area contributed by atoms with Crippen LogP contribution in [0.25, 0.3) is 0 Å². The lowest BCUT2D eigenvalue weighted by Gasteiger charge is -2.29. The van der Waals surface area contributed by atoms with Crippen molar-refractivity contribution < 1.29 is 27.4 Å². The normalized spacial score (nSPS) is 20.8. The molecule has 1 fully saturated rings. The van der Waals surface area contributed by atoms with Crippen LogP contribution < -0.4 is 15.4 Å². The number of nitrogens with one attached hydrogen (secondary N) is 2. The van der Waals surface area contributed by atoms with Crippen LogP contribution in [0.3, 0.4) is 0 Å². The molecular formula is C15H20ClF3N2O3. The molecule has 1 saturated heterocycles. The molecule has 0 unspecified atom stereocenters. The van der Waals surface area contributed by atoms with E-state index in [-0.39, 0.29) is 36.7 Å². The predicted octanol–water partition coefficient (Wildman–Crippen LogP) is 2.04. The Morgan fingerprint density at radius 1 is 1.38 bits per heavy atom. The molecule has 1 amide bonds. The molecule has 1 heterocycles. The lowest BCUT2D eigenvalue weighted by molar-refractivity contribution is -0.153. The van der Waals surface area contributed by atoms with Gasteiger partial charge in [-0.3, -0.25) is 4.79 Å². The average Bonchev–Trinajstić information content (AvgIpc) is 2.51. The van der Waals surface area contributed by atoms with Gasteiger partial charge in [-0.05, 0) is 24.6 Å². The minimum absolute atomic E-state index is 0. The molecule has 0 saturated carbocycles. The Kier molecular flexibility index (Phi) is 7.78. The first-order chi connectivity index (χ1) is 10.8. The van der Waals surface area contributed by atoms with E-state index < -0.39 is 18.8 Å². The van der Waals surface area contributed by atoms with E-state index in [0.29, 0.717) is 13.2 Å². The Balaban J connectivity index is 0.00000288. The summed E-state index contributed by atoms with van der Waals surface area (Å²) in [7, 11) is 0. The maximum absolute atomic E-state index is 12.1. The quantitative estimate of drug-likeness (QED) is 0.835. The van der Waals surface area contributed by atoms with Gasteiger partial charge in [-0.15, -0.1) is 12.4 Å². The van der Waals surface area contributed by atoms with Gasteiger partial charge in [0, 0.05) is 13.1 Å². The van der Waals surface area contributed by atoms with Crippen molar-refractivity contribution in [2.45, 2.75) is 31.8 Å². The molecule has 1 aliphatic rings. The molecule has 2 N–H and O–H groups in total. The third-order valence-electron chi connectivity index (χ3n) is 3.39. The van der Waals surface area contributed by atoms with E-state index in [4.69, 9.17) is 4.74 Å². The smallest absolute Gasteiger partial charge is 0.422 e. The van der Waals surface area contributed by atoms with Gasteiger partial charge in [-0.1, -0.05) is 12.1 Å². The molecular weight excluding hydrogens is 349 g/mol. The highest BCUT2D eigenvalue weighted by Gasteiger charge is 2.29. The number of halogens is 4. The van der Waals surface area contributed by atoms with Crippen molar-refractivity contribution in [3.63, 3.8) is 0 Å². The molecule has 5 nitrogen and oxygen atoms in total. The number of rotatable bonds is 5. The van der Waals surface area contributed by atoms with E-state index in [0.717, 1.165) is 5.56 Å². The zero-order chi connectivity index (χ0) is 16.9. The fourth-order valence-corrected chi connectivity index (χ4v) is 2.20. The fraction of sp³-hybridized carbons (Fsp3) is 0.533. The molecule has 136 valence electrons. The van der Waals surface area contributed by atoms with Gasteiger partial charge in [0.25, 0.3) is 0 Å². The molecule has 2 rings (SSSR count).